The number of benzene rings is 1. The maximum Gasteiger partial charge on any atom is 0.275 e. The van der Waals surface area contributed by atoms with Crippen molar-refractivity contribution in [3.8, 4) is 5.75 Å². The third kappa shape index (κ3) is 4.41. The topological polar surface area (TPSA) is 108 Å². The number of nitrogens with one attached hydrogen (secondary N) is 4. The van der Waals surface area contributed by atoms with Crippen LogP contribution < -0.4 is 20.9 Å². The highest BCUT2D eigenvalue weighted by molar-refractivity contribution is 7.20. The number of carbonyl (C=O) groups excluding carboxylic acids is 2. The van der Waals surface area contributed by atoms with Gasteiger partial charge in [-0.05, 0) is 43.2 Å². The molecule has 0 aliphatic heterocycles. The summed E-state index contributed by atoms with van der Waals surface area (Å²) in [5.74, 6) is 0.692. The monoisotopic (exact) mass is 413 g/mol. The average Bonchev–Trinajstić information content (AvgIpc) is 3.35. The summed E-state index contributed by atoms with van der Waals surface area (Å²) in [6, 6.07) is 8.89. The zero-order valence-corrected chi connectivity index (χ0v) is 16.9. The quantitative estimate of drug-likeness (QED) is 0.463. The fraction of sp³-hybridized carbons (Fsp3) is 0.350. The van der Waals surface area contributed by atoms with Crippen LogP contribution in [0.25, 0.3) is 10.2 Å². The SMILES string of the molecule is COc1ccc(C(=O)Nc2[nH]nc3sc(C(=O)NNC4CCCCC4)cc23)cc1. The molecule has 4 N–H and O–H groups in total. The number of amides is 2. The minimum atomic E-state index is -0.269. The maximum atomic E-state index is 12.5. The number of rotatable bonds is 6. The van der Waals surface area contributed by atoms with Gasteiger partial charge >= 0.3 is 0 Å². The number of methoxy groups -OCH3 is 1. The first-order chi connectivity index (χ1) is 14.1. The molecule has 0 radical (unpaired) electrons. The number of carbonyl (C=O) groups is 2. The molecule has 0 spiro atoms. The van der Waals surface area contributed by atoms with Crippen molar-refractivity contribution in [2.45, 2.75) is 38.1 Å². The predicted molar refractivity (Wildman–Crippen MR) is 112 cm³/mol. The number of aromatic amines is 1. The van der Waals surface area contributed by atoms with Gasteiger partial charge in [-0.2, -0.15) is 5.10 Å². The van der Waals surface area contributed by atoms with Crippen molar-refractivity contribution >= 4 is 39.2 Å². The van der Waals surface area contributed by atoms with Gasteiger partial charge in [0.2, 0.25) is 0 Å². The van der Waals surface area contributed by atoms with Gasteiger partial charge in [0.25, 0.3) is 11.8 Å². The van der Waals surface area contributed by atoms with E-state index in [1.54, 1.807) is 37.4 Å². The fourth-order valence-corrected chi connectivity index (χ4v) is 4.31. The number of nitrogens with zero attached hydrogens (tertiary/aromatic N) is 1. The Bertz CT molecular complexity index is 1000. The summed E-state index contributed by atoms with van der Waals surface area (Å²) in [5.41, 5.74) is 6.43. The lowest BCUT2D eigenvalue weighted by Gasteiger charge is -2.22. The third-order valence-corrected chi connectivity index (χ3v) is 6.09. The summed E-state index contributed by atoms with van der Waals surface area (Å²) >= 11 is 1.28. The van der Waals surface area contributed by atoms with E-state index in [-0.39, 0.29) is 11.8 Å². The molecule has 4 rings (SSSR count). The van der Waals surface area contributed by atoms with Crippen molar-refractivity contribution in [3.05, 3.63) is 40.8 Å². The lowest BCUT2D eigenvalue weighted by Crippen LogP contribution is -2.44. The number of fused-ring (bicyclic) bond motifs is 1. The van der Waals surface area contributed by atoms with E-state index in [1.165, 1.54) is 30.6 Å². The number of hydrazine groups is 1. The van der Waals surface area contributed by atoms with Crippen LogP contribution in [0.5, 0.6) is 5.75 Å². The van der Waals surface area contributed by atoms with Crippen LogP contribution in [-0.4, -0.2) is 35.2 Å². The first-order valence-corrected chi connectivity index (χ1v) is 10.4. The minimum absolute atomic E-state index is 0.189. The largest absolute Gasteiger partial charge is 0.497 e. The van der Waals surface area contributed by atoms with Crippen LogP contribution in [0.4, 0.5) is 5.82 Å². The first-order valence-electron chi connectivity index (χ1n) is 9.63. The van der Waals surface area contributed by atoms with Gasteiger partial charge in [0.15, 0.2) is 0 Å². The average molecular weight is 414 g/mol. The molecule has 2 amide bonds. The smallest absolute Gasteiger partial charge is 0.275 e. The highest BCUT2D eigenvalue weighted by Gasteiger charge is 2.18. The zero-order chi connectivity index (χ0) is 20.2. The maximum absolute atomic E-state index is 12.5. The van der Waals surface area contributed by atoms with Crippen LogP contribution in [0.3, 0.4) is 0 Å². The van der Waals surface area contributed by atoms with Crippen LogP contribution in [-0.2, 0) is 0 Å². The Morgan fingerprint density at radius 3 is 2.62 bits per heavy atom. The third-order valence-electron chi connectivity index (χ3n) is 5.06. The molecule has 3 aromatic rings. The molecule has 0 bridgehead atoms. The molecule has 152 valence electrons. The number of hydrogen-bond acceptors (Lipinski definition) is 6. The molecule has 1 aromatic carbocycles. The van der Waals surface area contributed by atoms with Crippen molar-refractivity contribution < 1.29 is 14.3 Å². The fourth-order valence-electron chi connectivity index (χ4n) is 3.42. The van der Waals surface area contributed by atoms with Crippen LogP contribution in [0.2, 0.25) is 0 Å². The second-order valence-electron chi connectivity index (χ2n) is 7.04. The Kier molecular flexibility index (Phi) is 5.77. The van der Waals surface area contributed by atoms with Crippen LogP contribution in [0.15, 0.2) is 30.3 Å². The molecule has 0 atom stereocenters. The lowest BCUT2D eigenvalue weighted by molar-refractivity contribution is 0.0923. The van der Waals surface area contributed by atoms with Gasteiger partial charge in [0.1, 0.15) is 16.4 Å². The van der Waals surface area contributed by atoms with E-state index in [9.17, 15) is 9.59 Å². The van der Waals surface area contributed by atoms with Gasteiger partial charge in [-0.1, -0.05) is 19.3 Å². The second kappa shape index (κ2) is 8.62. The van der Waals surface area contributed by atoms with E-state index >= 15 is 0 Å². The van der Waals surface area contributed by atoms with E-state index in [2.05, 4.69) is 26.4 Å². The van der Waals surface area contributed by atoms with Crippen molar-refractivity contribution in [1.29, 1.82) is 0 Å². The van der Waals surface area contributed by atoms with Crippen LogP contribution >= 0.6 is 11.3 Å². The van der Waals surface area contributed by atoms with Gasteiger partial charge in [-0.3, -0.25) is 20.1 Å². The number of ether oxygens (including phenoxy) is 1. The Balaban J connectivity index is 1.42. The molecular weight excluding hydrogens is 390 g/mol. The van der Waals surface area contributed by atoms with E-state index in [4.69, 9.17) is 4.74 Å². The number of anilines is 1. The summed E-state index contributed by atoms with van der Waals surface area (Å²) in [7, 11) is 1.57. The summed E-state index contributed by atoms with van der Waals surface area (Å²) in [6.07, 6.45) is 5.81. The molecule has 0 saturated heterocycles. The molecule has 1 saturated carbocycles. The Morgan fingerprint density at radius 1 is 1.14 bits per heavy atom. The van der Waals surface area contributed by atoms with E-state index < -0.39 is 0 Å². The molecule has 1 aliphatic carbocycles. The van der Waals surface area contributed by atoms with Crippen molar-refractivity contribution in [2.24, 2.45) is 0 Å². The second-order valence-corrected chi connectivity index (χ2v) is 8.07. The molecular formula is C20H23N5O3S. The number of aromatic nitrogens is 2. The summed E-state index contributed by atoms with van der Waals surface area (Å²) in [6.45, 7) is 0. The van der Waals surface area contributed by atoms with Gasteiger partial charge in [-0.25, -0.2) is 5.43 Å². The standard InChI is InChI=1S/C20H23N5O3S/c1-28-14-9-7-12(8-10-14)18(26)21-17-15-11-16(29-20(15)25-23-17)19(27)24-22-13-5-3-2-4-6-13/h7-11,13,22H,2-6H2,1H3,(H,24,27)(H2,21,23,25,26). The summed E-state index contributed by atoms with van der Waals surface area (Å²) < 4.78 is 5.11. The normalized spacial score (nSPS) is 14.7. The molecule has 29 heavy (non-hydrogen) atoms. The highest BCUT2D eigenvalue weighted by atomic mass is 32.1. The van der Waals surface area contributed by atoms with Crippen molar-refractivity contribution in [1.82, 2.24) is 21.0 Å². The van der Waals surface area contributed by atoms with E-state index in [0.717, 1.165) is 12.8 Å². The van der Waals surface area contributed by atoms with Crippen molar-refractivity contribution in [2.75, 3.05) is 12.4 Å². The molecule has 1 aliphatic rings. The number of thiophene rings is 1. The molecule has 9 heteroatoms. The van der Waals surface area contributed by atoms with Gasteiger partial charge in [-0.15, -0.1) is 11.3 Å². The molecule has 0 unspecified atom stereocenters. The lowest BCUT2D eigenvalue weighted by atomic mass is 9.96. The minimum Gasteiger partial charge on any atom is -0.497 e. The Hall–Kier alpha value is -2.91. The van der Waals surface area contributed by atoms with Gasteiger partial charge in [0.05, 0.1) is 17.4 Å². The number of H-pyrrole nitrogens is 1. The summed E-state index contributed by atoms with van der Waals surface area (Å²) in [5, 5.41) is 10.6. The van der Waals surface area contributed by atoms with Crippen molar-refractivity contribution in [3.63, 3.8) is 0 Å². The summed E-state index contributed by atoms with van der Waals surface area (Å²) in [4.78, 5) is 26.2. The molecule has 2 aromatic heterocycles. The van der Waals surface area contributed by atoms with Gasteiger partial charge < -0.3 is 10.1 Å². The van der Waals surface area contributed by atoms with Gasteiger partial charge in [0, 0.05) is 11.6 Å². The van der Waals surface area contributed by atoms with Crippen LogP contribution in [0, 0.1) is 0 Å². The van der Waals surface area contributed by atoms with E-state index in [1.807, 2.05) is 0 Å². The molecule has 8 nitrogen and oxygen atoms in total. The Labute approximate surface area is 172 Å². The first kappa shape index (κ1) is 19.4. The van der Waals surface area contributed by atoms with E-state index in [0.29, 0.717) is 38.3 Å². The van der Waals surface area contributed by atoms with Crippen LogP contribution in [0.1, 0.15) is 52.1 Å². The molecule has 1 fully saturated rings. The molecule has 2 heterocycles. The Morgan fingerprint density at radius 2 is 1.90 bits per heavy atom. The zero-order valence-electron chi connectivity index (χ0n) is 16.1. The predicted octanol–water partition coefficient (Wildman–Crippen LogP) is 3.45. The number of hydrogen-bond donors (Lipinski definition) is 4. The highest BCUT2D eigenvalue weighted by Crippen LogP contribution is 2.29.